The van der Waals surface area contributed by atoms with Crippen molar-refractivity contribution in [3.63, 3.8) is 0 Å². The Labute approximate surface area is 191 Å². The van der Waals surface area contributed by atoms with E-state index in [1.807, 2.05) is 39.1 Å². The highest BCUT2D eigenvalue weighted by Crippen LogP contribution is 2.32. The highest BCUT2D eigenvalue weighted by molar-refractivity contribution is 5.65. The van der Waals surface area contributed by atoms with E-state index in [0.29, 0.717) is 28.6 Å². The van der Waals surface area contributed by atoms with Crippen molar-refractivity contribution < 1.29 is 9.15 Å². The number of hydrogen-bond donors (Lipinski definition) is 1. The zero-order chi connectivity index (χ0) is 23.4. The molecule has 0 spiro atoms. The van der Waals surface area contributed by atoms with Crippen LogP contribution in [0.2, 0.25) is 0 Å². The monoisotopic (exact) mass is 446 g/mol. The SMILES string of the molecule is CCC(C)n1cc(-c2cncc(-c3nnc(-c4ccc(CNC)cc4OC)o3)n2)ccc1=O. The standard InChI is InChI=1S/C24H26N6O3/c1-5-15(2)30-14-17(7-9-22(30)31)19-12-26-13-20(27-19)24-29-28-23(33-24)18-8-6-16(11-25-3)10-21(18)32-4/h6-10,12-15,25H,5,11H2,1-4H3. The van der Waals surface area contributed by atoms with E-state index in [1.165, 1.54) is 0 Å². The zero-order valence-electron chi connectivity index (χ0n) is 19.1. The molecule has 1 unspecified atom stereocenters. The van der Waals surface area contributed by atoms with Crippen LogP contribution in [0.1, 0.15) is 31.9 Å². The van der Waals surface area contributed by atoms with Gasteiger partial charge in [0.25, 0.3) is 17.3 Å². The van der Waals surface area contributed by atoms with Gasteiger partial charge in [0.05, 0.1) is 30.8 Å². The Morgan fingerprint density at radius 2 is 1.91 bits per heavy atom. The first-order valence-corrected chi connectivity index (χ1v) is 10.7. The lowest BCUT2D eigenvalue weighted by molar-refractivity contribution is 0.413. The molecule has 1 atom stereocenters. The second-order valence-electron chi connectivity index (χ2n) is 7.69. The minimum absolute atomic E-state index is 0.0477. The van der Waals surface area contributed by atoms with Gasteiger partial charge in [0.1, 0.15) is 11.4 Å². The predicted molar refractivity (Wildman–Crippen MR) is 125 cm³/mol. The smallest absolute Gasteiger partial charge is 0.268 e. The third kappa shape index (κ3) is 4.68. The maximum Gasteiger partial charge on any atom is 0.268 e. The third-order valence-corrected chi connectivity index (χ3v) is 5.46. The Kier molecular flexibility index (Phi) is 6.60. The molecule has 4 rings (SSSR count). The van der Waals surface area contributed by atoms with Gasteiger partial charge in [0.15, 0.2) is 0 Å². The molecular weight excluding hydrogens is 420 g/mol. The van der Waals surface area contributed by atoms with Crippen molar-refractivity contribution in [3.8, 4) is 40.0 Å². The van der Waals surface area contributed by atoms with Crippen LogP contribution in [0.3, 0.4) is 0 Å². The Hall–Kier alpha value is -3.85. The fraction of sp³-hybridized carbons (Fsp3) is 0.292. The lowest BCUT2D eigenvalue weighted by atomic mass is 10.1. The van der Waals surface area contributed by atoms with E-state index in [1.54, 1.807) is 42.4 Å². The summed E-state index contributed by atoms with van der Waals surface area (Å²) in [6.45, 7) is 4.77. The topological polar surface area (TPSA) is 108 Å². The summed E-state index contributed by atoms with van der Waals surface area (Å²) < 4.78 is 13.1. The van der Waals surface area contributed by atoms with Gasteiger partial charge in [-0.25, -0.2) is 4.98 Å². The summed E-state index contributed by atoms with van der Waals surface area (Å²) in [6.07, 6.45) is 5.87. The lowest BCUT2D eigenvalue weighted by Gasteiger charge is -2.14. The molecule has 1 aromatic carbocycles. The summed E-state index contributed by atoms with van der Waals surface area (Å²) in [4.78, 5) is 21.2. The number of hydrogen-bond acceptors (Lipinski definition) is 8. The number of nitrogens with one attached hydrogen (secondary N) is 1. The Morgan fingerprint density at radius 1 is 1.12 bits per heavy atom. The van der Waals surface area contributed by atoms with Gasteiger partial charge in [-0.15, -0.1) is 10.2 Å². The molecular formula is C24H26N6O3. The van der Waals surface area contributed by atoms with E-state index in [-0.39, 0.29) is 17.5 Å². The highest BCUT2D eigenvalue weighted by Gasteiger charge is 2.17. The minimum atomic E-state index is -0.0477. The minimum Gasteiger partial charge on any atom is -0.496 e. The molecule has 3 heterocycles. The maximum absolute atomic E-state index is 12.2. The molecule has 0 aliphatic heterocycles. The molecule has 4 aromatic rings. The predicted octanol–water partition coefficient (Wildman–Crippen LogP) is 3.72. The summed E-state index contributed by atoms with van der Waals surface area (Å²) in [6, 6.07) is 9.17. The fourth-order valence-electron chi connectivity index (χ4n) is 3.47. The second kappa shape index (κ2) is 9.74. The molecule has 9 heteroatoms. The summed E-state index contributed by atoms with van der Waals surface area (Å²) >= 11 is 0. The Morgan fingerprint density at radius 3 is 2.67 bits per heavy atom. The first-order chi connectivity index (χ1) is 16.0. The van der Waals surface area contributed by atoms with Gasteiger partial charge < -0.3 is 19.0 Å². The molecule has 0 fully saturated rings. The van der Waals surface area contributed by atoms with Crippen molar-refractivity contribution >= 4 is 0 Å². The number of aromatic nitrogens is 5. The van der Waals surface area contributed by atoms with Gasteiger partial charge in [0, 0.05) is 30.4 Å². The van der Waals surface area contributed by atoms with E-state index in [9.17, 15) is 4.79 Å². The van der Waals surface area contributed by atoms with Crippen LogP contribution in [0.5, 0.6) is 5.75 Å². The van der Waals surface area contributed by atoms with Crippen LogP contribution < -0.4 is 15.6 Å². The van der Waals surface area contributed by atoms with Gasteiger partial charge in [-0.2, -0.15) is 0 Å². The number of benzene rings is 1. The van der Waals surface area contributed by atoms with Crippen LogP contribution in [0.25, 0.3) is 34.3 Å². The van der Waals surface area contributed by atoms with E-state index >= 15 is 0 Å². The number of pyridine rings is 1. The van der Waals surface area contributed by atoms with E-state index in [2.05, 4.69) is 25.5 Å². The van der Waals surface area contributed by atoms with Gasteiger partial charge >= 0.3 is 0 Å². The summed E-state index contributed by atoms with van der Waals surface area (Å²) in [5.74, 6) is 1.22. The van der Waals surface area contributed by atoms with Crippen molar-refractivity contribution in [1.29, 1.82) is 0 Å². The van der Waals surface area contributed by atoms with Crippen LogP contribution >= 0.6 is 0 Å². The molecule has 0 aliphatic carbocycles. The molecule has 0 bridgehead atoms. The molecule has 33 heavy (non-hydrogen) atoms. The van der Waals surface area contributed by atoms with E-state index < -0.39 is 0 Å². The Bertz CT molecular complexity index is 1310. The van der Waals surface area contributed by atoms with Gasteiger partial charge in [-0.05, 0) is 44.2 Å². The summed E-state index contributed by atoms with van der Waals surface area (Å²) in [5, 5.41) is 11.5. The van der Waals surface area contributed by atoms with Crippen LogP contribution in [0, 0.1) is 0 Å². The van der Waals surface area contributed by atoms with Crippen molar-refractivity contribution in [2.45, 2.75) is 32.9 Å². The number of nitrogens with zero attached hydrogens (tertiary/aromatic N) is 5. The maximum atomic E-state index is 12.2. The fourth-order valence-corrected chi connectivity index (χ4v) is 3.47. The quantitative estimate of drug-likeness (QED) is 0.436. The number of rotatable bonds is 8. The largest absolute Gasteiger partial charge is 0.496 e. The molecule has 0 saturated carbocycles. The molecule has 1 N–H and O–H groups in total. The van der Waals surface area contributed by atoms with Crippen LogP contribution in [-0.2, 0) is 6.54 Å². The molecule has 170 valence electrons. The molecule has 0 saturated heterocycles. The second-order valence-corrected chi connectivity index (χ2v) is 7.69. The highest BCUT2D eigenvalue weighted by atomic mass is 16.5. The van der Waals surface area contributed by atoms with Crippen molar-refractivity contribution in [2.75, 3.05) is 14.2 Å². The number of methoxy groups -OCH3 is 1. The van der Waals surface area contributed by atoms with Crippen molar-refractivity contribution in [1.82, 2.24) is 30.0 Å². The number of ether oxygens (including phenoxy) is 1. The summed E-state index contributed by atoms with van der Waals surface area (Å²) in [7, 11) is 3.49. The van der Waals surface area contributed by atoms with Crippen molar-refractivity contribution in [2.24, 2.45) is 0 Å². The normalized spacial score (nSPS) is 12.0. The molecule has 9 nitrogen and oxygen atoms in total. The van der Waals surface area contributed by atoms with Gasteiger partial charge in [0.2, 0.25) is 0 Å². The average molecular weight is 447 g/mol. The van der Waals surface area contributed by atoms with Crippen LogP contribution in [-0.4, -0.2) is 38.9 Å². The molecule has 0 amide bonds. The third-order valence-electron chi connectivity index (χ3n) is 5.46. The lowest BCUT2D eigenvalue weighted by Crippen LogP contribution is -2.21. The van der Waals surface area contributed by atoms with E-state index in [0.717, 1.165) is 24.1 Å². The average Bonchev–Trinajstić information content (AvgIpc) is 3.34. The van der Waals surface area contributed by atoms with Crippen LogP contribution in [0.4, 0.5) is 0 Å². The first kappa shape index (κ1) is 22.3. The first-order valence-electron chi connectivity index (χ1n) is 10.7. The van der Waals surface area contributed by atoms with E-state index in [4.69, 9.17) is 9.15 Å². The van der Waals surface area contributed by atoms with Crippen molar-refractivity contribution in [3.05, 3.63) is 64.8 Å². The van der Waals surface area contributed by atoms with Crippen LogP contribution in [0.15, 0.2) is 58.1 Å². The zero-order valence-corrected chi connectivity index (χ0v) is 19.1. The molecule has 3 aromatic heterocycles. The van der Waals surface area contributed by atoms with Gasteiger partial charge in [-0.3, -0.25) is 9.78 Å². The Balaban J connectivity index is 1.67. The molecule has 0 radical (unpaired) electrons. The molecule has 0 aliphatic rings. The van der Waals surface area contributed by atoms with Gasteiger partial charge in [-0.1, -0.05) is 13.0 Å². The summed E-state index contributed by atoms with van der Waals surface area (Å²) in [5.41, 5.74) is 3.56.